The summed E-state index contributed by atoms with van der Waals surface area (Å²) < 4.78 is 6.81. The lowest BCUT2D eigenvalue weighted by atomic mass is 9.93. The molecule has 1 N–H and O–H groups in total. The molecule has 1 saturated carbocycles. The maximum atomic E-state index is 5.96. The zero-order valence-corrected chi connectivity index (χ0v) is 12.5. The fraction of sp³-hybridized carbons (Fsp3) is 0.714. The van der Waals surface area contributed by atoms with Gasteiger partial charge < -0.3 is 10.1 Å². The highest BCUT2D eigenvalue weighted by Gasteiger charge is 2.21. The van der Waals surface area contributed by atoms with Gasteiger partial charge >= 0.3 is 0 Å². The van der Waals surface area contributed by atoms with Crippen molar-refractivity contribution in [3.63, 3.8) is 0 Å². The minimum absolute atomic E-state index is 0.436. The fourth-order valence-electron chi connectivity index (χ4n) is 2.41. The highest BCUT2D eigenvalue weighted by Crippen LogP contribution is 2.25. The minimum atomic E-state index is 0.436. The van der Waals surface area contributed by atoms with E-state index < -0.39 is 0 Å². The molecule has 0 aliphatic heterocycles. The maximum Gasteiger partial charge on any atom is 0.0932 e. The molecule has 1 aliphatic carbocycles. The van der Waals surface area contributed by atoms with E-state index in [0.29, 0.717) is 12.1 Å². The second-order valence-electron chi connectivity index (χ2n) is 4.94. The molecule has 1 heterocycles. The lowest BCUT2D eigenvalue weighted by Crippen LogP contribution is -2.35. The Morgan fingerprint density at radius 3 is 2.72 bits per heavy atom. The molecule has 18 heavy (non-hydrogen) atoms. The Morgan fingerprint density at radius 1 is 1.33 bits per heavy atom. The summed E-state index contributed by atoms with van der Waals surface area (Å²) in [7, 11) is 0. The average molecular weight is 288 g/mol. The van der Waals surface area contributed by atoms with Gasteiger partial charge in [-0.05, 0) is 50.8 Å². The van der Waals surface area contributed by atoms with Crippen molar-refractivity contribution in [3.05, 3.63) is 21.3 Å². The molecule has 102 valence electrons. The van der Waals surface area contributed by atoms with Crippen LogP contribution in [0.15, 0.2) is 12.1 Å². The summed E-state index contributed by atoms with van der Waals surface area (Å²) in [6, 6.07) is 4.71. The Hall–Kier alpha value is -0.0900. The molecule has 2 nitrogen and oxygen atoms in total. The number of halogens is 1. The first-order valence-electron chi connectivity index (χ1n) is 6.87. The van der Waals surface area contributed by atoms with Crippen molar-refractivity contribution in [2.45, 2.75) is 57.8 Å². The summed E-state index contributed by atoms with van der Waals surface area (Å²) in [6.45, 7) is 4.08. The first kappa shape index (κ1) is 14.3. The number of ether oxygens (including phenoxy) is 1. The molecule has 0 amide bonds. The molecule has 2 rings (SSSR count). The Labute approximate surface area is 119 Å². The van der Waals surface area contributed by atoms with Crippen molar-refractivity contribution in [3.8, 4) is 0 Å². The molecule has 1 aliphatic rings. The number of rotatable bonds is 6. The third-order valence-electron chi connectivity index (χ3n) is 3.45. The standard InChI is InChI=1S/C14H22ClNOS/c1-2-9-16-11-3-5-12(6-4-11)17-10-13-7-8-14(15)18-13/h7-8,11-12,16H,2-6,9-10H2,1H3. The van der Waals surface area contributed by atoms with Gasteiger partial charge in [-0.15, -0.1) is 11.3 Å². The van der Waals surface area contributed by atoms with Crippen LogP contribution in [0.4, 0.5) is 0 Å². The second-order valence-corrected chi connectivity index (χ2v) is 6.74. The van der Waals surface area contributed by atoms with Gasteiger partial charge in [0.15, 0.2) is 0 Å². The fourth-order valence-corrected chi connectivity index (χ4v) is 3.42. The summed E-state index contributed by atoms with van der Waals surface area (Å²) in [5.41, 5.74) is 0. The van der Waals surface area contributed by atoms with Crippen molar-refractivity contribution in [1.82, 2.24) is 5.32 Å². The van der Waals surface area contributed by atoms with E-state index in [4.69, 9.17) is 16.3 Å². The van der Waals surface area contributed by atoms with Crippen LogP contribution in [0.25, 0.3) is 0 Å². The molecule has 1 aromatic heterocycles. The van der Waals surface area contributed by atoms with Crippen molar-refractivity contribution in [1.29, 1.82) is 0 Å². The Balaban J connectivity index is 1.64. The van der Waals surface area contributed by atoms with E-state index in [1.807, 2.05) is 6.07 Å². The molecule has 1 aromatic rings. The summed E-state index contributed by atoms with van der Waals surface area (Å²) in [4.78, 5) is 1.23. The van der Waals surface area contributed by atoms with Crippen molar-refractivity contribution >= 4 is 22.9 Å². The Kier molecular flexibility index (Phi) is 5.96. The van der Waals surface area contributed by atoms with Crippen LogP contribution < -0.4 is 5.32 Å². The zero-order chi connectivity index (χ0) is 12.8. The Bertz CT molecular complexity index is 347. The van der Waals surface area contributed by atoms with Crippen LogP contribution in [0.3, 0.4) is 0 Å². The molecular formula is C14H22ClNOS. The lowest BCUT2D eigenvalue weighted by Gasteiger charge is -2.29. The predicted octanol–water partition coefficient (Wildman–Crippen LogP) is 4.23. The molecular weight excluding hydrogens is 266 g/mol. The molecule has 0 unspecified atom stereocenters. The highest BCUT2D eigenvalue weighted by atomic mass is 35.5. The van der Waals surface area contributed by atoms with E-state index in [9.17, 15) is 0 Å². The third kappa shape index (κ3) is 4.54. The van der Waals surface area contributed by atoms with Gasteiger partial charge in [0.05, 0.1) is 17.0 Å². The van der Waals surface area contributed by atoms with Crippen molar-refractivity contribution in [2.75, 3.05) is 6.54 Å². The summed E-state index contributed by atoms with van der Waals surface area (Å²) in [6.07, 6.45) is 6.51. The SMILES string of the molecule is CCCNC1CCC(OCc2ccc(Cl)s2)CC1. The van der Waals surface area contributed by atoms with Gasteiger partial charge in [0, 0.05) is 10.9 Å². The van der Waals surface area contributed by atoms with E-state index in [1.54, 1.807) is 11.3 Å². The van der Waals surface area contributed by atoms with Crippen LogP contribution in [-0.4, -0.2) is 18.7 Å². The summed E-state index contributed by atoms with van der Waals surface area (Å²) in [5, 5.41) is 3.60. The van der Waals surface area contributed by atoms with Crippen LogP contribution in [-0.2, 0) is 11.3 Å². The highest BCUT2D eigenvalue weighted by molar-refractivity contribution is 7.16. The van der Waals surface area contributed by atoms with Crippen LogP contribution in [0.2, 0.25) is 4.34 Å². The van der Waals surface area contributed by atoms with Gasteiger partial charge in [-0.2, -0.15) is 0 Å². The minimum Gasteiger partial charge on any atom is -0.373 e. The molecule has 1 fully saturated rings. The third-order valence-corrected chi connectivity index (χ3v) is 4.65. The molecule has 0 saturated heterocycles. The van der Waals surface area contributed by atoms with Crippen LogP contribution >= 0.6 is 22.9 Å². The van der Waals surface area contributed by atoms with Gasteiger partial charge in [-0.25, -0.2) is 0 Å². The topological polar surface area (TPSA) is 21.3 Å². The zero-order valence-electron chi connectivity index (χ0n) is 11.0. The number of hydrogen-bond donors (Lipinski definition) is 1. The van der Waals surface area contributed by atoms with E-state index in [1.165, 1.54) is 37.0 Å². The van der Waals surface area contributed by atoms with Crippen molar-refractivity contribution < 1.29 is 4.74 Å². The number of hydrogen-bond acceptors (Lipinski definition) is 3. The average Bonchev–Trinajstić information content (AvgIpc) is 2.81. The van der Waals surface area contributed by atoms with Gasteiger partial charge in [-0.3, -0.25) is 0 Å². The largest absolute Gasteiger partial charge is 0.373 e. The van der Waals surface area contributed by atoms with E-state index in [-0.39, 0.29) is 0 Å². The summed E-state index contributed by atoms with van der Waals surface area (Å²) in [5.74, 6) is 0. The van der Waals surface area contributed by atoms with E-state index in [2.05, 4.69) is 18.3 Å². The Morgan fingerprint density at radius 2 is 2.11 bits per heavy atom. The van der Waals surface area contributed by atoms with Gasteiger partial charge in [0.2, 0.25) is 0 Å². The smallest absolute Gasteiger partial charge is 0.0932 e. The van der Waals surface area contributed by atoms with Crippen LogP contribution in [0, 0.1) is 0 Å². The summed E-state index contributed by atoms with van der Waals surface area (Å²) >= 11 is 7.52. The van der Waals surface area contributed by atoms with Gasteiger partial charge in [0.25, 0.3) is 0 Å². The molecule has 0 atom stereocenters. The van der Waals surface area contributed by atoms with Crippen LogP contribution in [0.1, 0.15) is 43.9 Å². The number of thiophene rings is 1. The molecule has 0 radical (unpaired) electrons. The molecule has 0 spiro atoms. The van der Waals surface area contributed by atoms with Gasteiger partial charge in [0.1, 0.15) is 0 Å². The molecule has 0 bridgehead atoms. The first-order chi connectivity index (χ1) is 8.78. The number of nitrogens with one attached hydrogen (secondary N) is 1. The van der Waals surface area contributed by atoms with Crippen molar-refractivity contribution in [2.24, 2.45) is 0 Å². The van der Waals surface area contributed by atoms with E-state index >= 15 is 0 Å². The monoisotopic (exact) mass is 287 g/mol. The van der Waals surface area contributed by atoms with Crippen LogP contribution in [0.5, 0.6) is 0 Å². The predicted molar refractivity (Wildman–Crippen MR) is 78.5 cm³/mol. The van der Waals surface area contributed by atoms with E-state index in [0.717, 1.165) is 17.5 Å². The normalized spacial score (nSPS) is 24.3. The second kappa shape index (κ2) is 7.49. The quantitative estimate of drug-likeness (QED) is 0.845. The van der Waals surface area contributed by atoms with Gasteiger partial charge in [-0.1, -0.05) is 18.5 Å². The maximum absolute atomic E-state index is 5.96. The lowest BCUT2D eigenvalue weighted by molar-refractivity contribution is 0.0126. The first-order valence-corrected chi connectivity index (χ1v) is 8.06. The molecule has 4 heteroatoms. The molecule has 0 aromatic carbocycles.